The molecule has 0 saturated carbocycles. The third kappa shape index (κ3) is 3.21. The van der Waals surface area contributed by atoms with Crippen molar-refractivity contribution in [3.63, 3.8) is 0 Å². The summed E-state index contributed by atoms with van der Waals surface area (Å²) in [5.74, 6) is 1.43. The molecule has 2 fully saturated rings. The van der Waals surface area contributed by atoms with Gasteiger partial charge in [-0.25, -0.2) is 4.98 Å². The summed E-state index contributed by atoms with van der Waals surface area (Å²) in [5, 5.41) is 0. The molecule has 0 spiro atoms. The van der Waals surface area contributed by atoms with Crippen molar-refractivity contribution < 1.29 is 4.79 Å². The number of carbonyl (C=O) groups excluding carboxylic acids is 1. The molecule has 0 radical (unpaired) electrons. The van der Waals surface area contributed by atoms with Crippen LogP contribution in [0.15, 0.2) is 36.9 Å². The quantitative estimate of drug-likeness (QED) is 0.787. The first-order valence-electron chi connectivity index (χ1n) is 9.33. The molecule has 25 heavy (non-hydrogen) atoms. The number of amides is 1. The fraction of sp³-hybridized carbons (Fsp3) is 0.500. The highest BCUT2D eigenvalue weighted by molar-refractivity contribution is 5.78. The van der Waals surface area contributed by atoms with Crippen LogP contribution in [0.3, 0.4) is 0 Å². The summed E-state index contributed by atoms with van der Waals surface area (Å²) in [5.41, 5.74) is 2.21. The molecule has 1 atom stereocenters. The largest absolute Gasteiger partial charge is 0.338 e. The minimum absolute atomic E-state index is 0.339. The zero-order valence-corrected chi connectivity index (χ0v) is 14.7. The summed E-state index contributed by atoms with van der Waals surface area (Å²) in [6.45, 7) is 8.48. The number of imidazole rings is 1. The first kappa shape index (κ1) is 16.3. The van der Waals surface area contributed by atoms with E-state index in [0.717, 1.165) is 69.7 Å². The van der Waals surface area contributed by atoms with Crippen LogP contribution in [0, 0.1) is 0 Å². The first-order chi connectivity index (χ1) is 12.3. The Morgan fingerprint density at radius 2 is 2.12 bits per heavy atom. The monoisotopic (exact) mass is 338 g/mol. The molecule has 132 valence electrons. The van der Waals surface area contributed by atoms with E-state index < -0.39 is 0 Å². The minimum Gasteiger partial charge on any atom is -0.338 e. The van der Waals surface area contributed by atoms with Crippen LogP contribution in [0.2, 0.25) is 0 Å². The second-order valence-electron chi connectivity index (χ2n) is 7.14. The third-order valence-corrected chi connectivity index (χ3v) is 5.44. The number of fused-ring (bicyclic) bond motifs is 1. The Morgan fingerprint density at radius 1 is 1.24 bits per heavy atom. The predicted octanol–water partition coefficient (Wildman–Crippen LogP) is 2.81. The summed E-state index contributed by atoms with van der Waals surface area (Å²) in [6.07, 6.45) is 5.96. The molecule has 5 heteroatoms. The van der Waals surface area contributed by atoms with Crippen molar-refractivity contribution in [1.29, 1.82) is 0 Å². The van der Waals surface area contributed by atoms with Crippen molar-refractivity contribution in [3.8, 4) is 0 Å². The summed E-state index contributed by atoms with van der Waals surface area (Å²) in [4.78, 5) is 21.5. The Bertz CT molecular complexity index is 781. The van der Waals surface area contributed by atoms with Crippen LogP contribution in [0.1, 0.15) is 31.5 Å². The number of likely N-dealkylation sites (tertiary alicyclic amines) is 2. The number of piperidine rings is 1. The van der Waals surface area contributed by atoms with Crippen molar-refractivity contribution in [3.05, 3.63) is 42.7 Å². The Balaban J connectivity index is 1.53. The van der Waals surface area contributed by atoms with Crippen molar-refractivity contribution in [2.24, 2.45) is 0 Å². The third-order valence-electron chi connectivity index (χ3n) is 5.44. The lowest BCUT2D eigenvalue weighted by atomic mass is 10.0. The highest BCUT2D eigenvalue weighted by atomic mass is 16.2. The van der Waals surface area contributed by atoms with Gasteiger partial charge in [-0.05, 0) is 37.9 Å². The van der Waals surface area contributed by atoms with E-state index in [2.05, 4.69) is 39.1 Å². The summed E-state index contributed by atoms with van der Waals surface area (Å²) < 4.78 is 2.26. The van der Waals surface area contributed by atoms with E-state index in [1.807, 2.05) is 12.1 Å². The highest BCUT2D eigenvalue weighted by Crippen LogP contribution is 2.23. The second-order valence-corrected chi connectivity index (χ2v) is 7.14. The molecular formula is C20H26N4O. The fourth-order valence-corrected chi connectivity index (χ4v) is 4.26. The maximum atomic E-state index is 12.1. The van der Waals surface area contributed by atoms with Crippen LogP contribution in [0.4, 0.5) is 0 Å². The molecule has 1 aromatic heterocycles. The fourth-order valence-electron chi connectivity index (χ4n) is 4.26. The zero-order chi connectivity index (χ0) is 17.2. The molecule has 0 unspecified atom stereocenters. The number of benzene rings is 1. The molecule has 2 saturated heterocycles. The molecule has 3 heterocycles. The standard InChI is InChI=1S/C20H26N4O/c1-2-11-24-18-9-4-3-8-17(18)21-19(24)15-22-12-5-7-16(14-22)23-13-6-10-20(23)25/h2-4,8-9,16H,1,5-7,10-15H2/t16-/m1/s1. The number of hydrogen-bond acceptors (Lipinski definition) is 3. The lowest BCUT2D eigenvalue weighted by Gasteiger charge is -2.37. The average molecular weight is 338 g/mol. The second kappa shape index (κ2) is 7.00. The van der Waals surface area contributed by atoms with E-state index >= 15 is 0 Å². The van der Waals surface area contributed by atoms with Gasteiger partial charge in [0.2, 0.25) is 5.91 Å². The van der Waals surface area contributed by atoms with Crippen molar-refractivity contribution in [1.82, 2.24) is 19.4 Å². The number of allylic oxidation sites excluding steroid dienone is 1. The minimum atomic E-state index is 0.339. The smallest absolute Gasteiger partial charge is 0.222 e. The van der Waals surface area contributed by atoms with Crippen LogP contribution in [0.5, 0.6) is 0 Å². The Hall–Kier alpha value is -2.14. The topological polar surface area (TPSA) is 41.4 Å². The Kier molecular flexibility index (Phi) is 4.57. The number of rotatable bonds is 5. The van der Waals surface area contributed by atoms with Crippen LogP contribution in [-0.2, 0) is 17.9 Å². The maximum Gasteiger partial charge on any atom is 0.222 e. The Labute approximate surface area is 148 Å². The van der Waals surface area contributed by atoms with Gasteiger partial charge in [0.05, 0.1) is 17.6 Å². The van der Waals surface area contributed by atoms with Gasteiger partial charge >= 0.3 is 0 Å². The maximum absolute atomic E-state index is 12.1. The molecule has 1 aromatic carbocycles. The van der Waals surface area contributed by atoms with Gasteiger partial charge in [-0.1, -0.05) is 18.2 Å². The number of carbonyl (C=O) groups is 1. The number of nitrogens with zero attached hydrogens (tertiary/aromatic N) is 4. The average Bonchev–Trinajstić information content (AvgIpc) is 3.20. The Morgan fingerprint density at radius 3 is 2.92 bits per heavy atom. The van der Waals surface area contributed by atoms with Gasteiger partial charge < -0.3 is 9.47 Å². The van der Waals surface area contributed by atoms with Crippen LogP contribution >= 0.6 is 0 Å². The van der Waals surface area contributed by atoms with Gasteiger partial charge in [-0.2, -0.15) is 0 Å². The highest BCUT2D eigenvalue weighted by Gasteiger charge is 2.31. The van der Waals surface area contributed by atoms with Gasteiger partial charge in [0.25, 0.3) is 0 Å². The number of para-hydroxylation sites is 2. The van der Waals surface area contributed by atoms with Gasteiger partial charge in [-0.15, -0.1) is 6.58 Å². The molecular weight excluding hydrogens is 312 g/mol. The molecule has 2 aromatic rings. The van der Waals surface area contributed by atoms with Crippen molar-refractivity contribution in [2.75, 3.05) is 19.6 Å². The van der Waals surface area contributed by atoms with Gasteiger partial charge in [0.1, 0.15) is 5.82 Å². The molecule has 0 aliphatic carbocycles. The van der Waals surface area contributed by atoms with Crippen LogP contribution in [0.25, 0.3) is 11.0 Å². The van der Waals surface area contributed by atoms with E-state index in [-0.39, 0.29) is 0 Å². The number of hydrogen-bond donors (Lipinski definition) is 0. The van der Waals surface area contributed by atoms with E-state index in [1.54, 1.807) is 0 Å². The molecule has 0 bridgehead atoms. The van der Waals surface area contributed by atoms with Gasteiger partial charge in [0, 0.05) is 32.1 Å². The van der Waals surface area contributed by atoms with E-state index in [1.165, 1.54) is 5.52 Å². The van der Waals surface area contributed by atoms with Crippen LogP contribution in [-0.4, -0.2) is 50.9 Å². The zero-order valence-electron chi connectivity index (χ0n) is 14.7. The van der Waals surface area contributed by atoms with E-state index in [9.17, 15) is 4.79 Å². The molecule has 0 N–H and O–H groups in total. The summed E-state index contributed by atoms with van der Waals surface area (Å²) in [7, 11) is 0. The molecule has 2 aliphatic heterocycles. The first-order valence-corrected chi connectivity index (χ1v) is 9.33. The van der Waals surface area contributed by atoms with Crippen LogP contribution < -0.4 is 0 Å². The summed E-state index contributed by atoms with van der Waals surface area (Å²) >= 11 is 0. The van der Waals surface area contributed by atoms with E-state index in [4.69, 9.17) is 4.98 Å². The number of aromatic nitrogens is 2. The predicted molar refractivity (Wildman–Crippen MR) is 99.2 cm³/mol. The van der Waals surface area contributed by atoms with E-state index in [0.29, 0.717) is 11.9 Å². The lowest BCUT2D eigenvalue weighted by Crippen LogP contribution is -2.48. The van der Waals surface area contributed by atoms with Gasteiger partial charge in [-0.3, -0.25) is 9.69 Å². The van der Waals surface area contributed by atoms with Gasteiger partial charge in [0.15, 0.2) is 0 Å². The summed E-state index contributed by atoms with van der Waals surface area (Å²) in [6, 6.07) is 8.66. The lowest BCUT2D eigenvalue weighted by molar-refractivity contribution is -0.130. The normalized spacial score (nSPS) is 22.0. The SMILES string of the molecule is C=CCn1c(CN2CCC[C@@H](N3CCCC3=O)C2)nc2ccccc21. The molecule has 2 aliphatic rings. The molecule has 5 nitrogen and oxygen atoms in total. The van der Waals surface area contributed by atoms with Crippen molar-refractivity contribution in [2.45, 2.75) is 44.8 Å². The molecule has 4 rings (SSSR count). The molecule has 1 amide bonds. The van der Waals surface area contributed by atoms with Crippen molar-refractivity contribution >= 4 is 16.9 Å².